The second-order valence-corrected chi connectivity index (χ2v) is 25.7. The third kappa shape index (κ3) is 28.5. The van der Waals surface area contributed by atoms with Gasteiger partial charge in [0, 0.05) is 39.1 Å². The van der Waals surface area contributed by atoms with Gasteiger partial charge in [0.15, 0.2) is 17.9 Å². The number of nitrogens with zero attached hydrogens (tertiary/aromatic N) is 5. The molecule has 11 atom stereocenters. The summed E-state index contributed by atoms with van der Waals surface area (Å²) in [5.74, 6) is -10.1. The van der Waals surface area contributed by atoms with Crippen molar-refractivity contribution in [1.29, 1.82) is 0 Å². The number of benzene rings is 2. The van der Waals surface area contributed by atoms with Gasteiger partial charge in [-0.3, -0.25) is 62.9 Å². The Kier molecular flexibility index (Phi) is 35.4. The summed E-state index contributed by atoms with van der Waals surface area (Å²) in [6.07, 6.45) is 2.83. The molecule has 2 saturated heterocycles. The summed E-state index contributed by atoms with van der Waals surface area (Å²) < 4.78 is 0. The quantitative estimate of drug-likeness (QED) is 0.0174. The van der Waals surface area contributed by atoms with Crippen molar-refractivity contribution in [2.24, 2.45) is 72.7 Å². The molecule has 2 aromatic carbocycles. The molecule has 0 radical (unpaired) electrons. The summed E-state index contributed by atoms with van der Waals surface area (Å²) in [5, 5.41) is 41.3. The van der Waals surface area contributed by atoms with Crippen LogP contribution in [0.5, 0.6) is 5.75 Å². The highest BCUT2D eigenvalue weighted by molar-refractivity contribution is 5.99. The first-order valence-electron chi connectivity index (χ1n) is 34.2. The van der Waals surface area contributed by atoms with E-state index >= 15 is 0 Å². The van der Waals surface area contributed by atoms with Crippen LogP contribution in [0.1, 0.15) is 135 Å². The second kappa shape index (κ2) is 42.8. The van der Waals surface area contributed by atoms with Crippen molar-refractivity contribution in [3.63, 3.8) is 0 Å². The largest absolute Gasteiger partial charge is 0.508 e. The Hall–Kier alpha value is -9.86. The van der Waals surface area contributed by atoms with Crippen molar-refractivity contribution in [2.75, 3.05) is 45.8 Å². The van der Waals surface area contributed by atoms with Crippen LogP contribution in [0.2, 0.25) is 0 Å². The monoisotopic (exact) mass is 1400 g/mol. The highest BCUT2D eigenvalue weighted by atomic mass is 16.4. The number of carboxylic acids is 1. The molecule has 2 aliphatic heterocycles. The van der Waals surface area contributed by atoms with Crippen LogP contribution in [0.25, 0.3) is 0 Å². The number of rotatable bonds is 43. The number of amides is 10. The predicted molar refractivity (Wildman–Crippen MR) is 375 cm³/mol. The van der Waals surface area contributed by atoms with Gasteiger partial charge in [-0.2, -0.15) is 0 Å². The van der Waals surface area contributed by atoms with Crippen LogP contribution in [0, 0.1) is 11.8 Å². The van der Waals surface area contributed by atoms with Crippen LogP contribution in [0.15, 0.2) is 69.6 Å². The van der Waals surface area contributed by atoms with Crippen LogP contribution in [0.4, 0.5) is 0 Å². The van der Waals surface area contributed by atoms with Crippen LogP contribution in [-0.2, 0) is 65.6 Å². The van der Waals surface area contributed by atoms with E-state index < -0.39 is 138 Å². The Morgan fingerprint density at radius 2 is 0.990 bits per heavy atom. The van der Waals surface area contributed by atoms with Gasteiger partial charge in [0.1, 0.15) is 60.1 Å². The number of phenolic OH excluding ortho intramolecular Hbond substituents is 1. The summed E-state index contributed by atoms with van der Waals surface area (Å²) in [5.41, 5.74) is 46.8. The zero-order valence-corrected chi connectivity index (χ0v) is 57.8. The molecule has 2 aliphatic rings. The minimum atomic E-state index is -1.44. The Morgan fingerprint density at radius 3 is 1.51 bits per heavy atom. The Bertz CT molecular complexity index is 3130. The summed E-state index contributed by atoms with van der Waals surface area (Å²) in [6.45, 7) is 7.25. The first-order chi connectivity index (χ1) is 47.5. The van der Waals surface area contributed by atoms with Gasteiger partial charge in [0.2, 0.25) is 59.1 Å². The molecule has 0 saturated carbocycles. The molecule has 4 rings (SSSR count). The highest BCUT2D eigenvalue weighted by Crippen LogP contribution is 2.23. The van der Waals surface area contributed by atoms with Crippen LogP contribution in [-0.4, -0.2) is 209 Å². The number of nitrogens with one attached hydrogen (secondary N) is 8. The molecule has 2 fully saturated rings. The van der Waals surface area contributed by atoms with Gasteiger partial charge >= 0.3 is 5.97 Å². The van der Waals surface area contributed by atoms with E-state index in [1.165, 1.54) is 21.9 Å². The fourth-order valence-electron chi connectivity index (χ4n) is 11.6. The van der Waals surface area contributed by atoms with E-state index in [0.717, 1.165) is 0 Å². The summed E-state index contributed by atoms with van der Waals surface area (Å²) >= 11 is 0. The van der Waals surface area contributed by atoms with Gasteiger partial charge in [-0.25, -0.2) is 4.79 Å². The third-order valence-electron chi connectivity index (χ3n) is 17.2. The molecule has 0 unspecified atom stereocenters. The fourth-order valence-corrected chi connectivity index (χ4v) is 11.6. The number of unbranched alkanes of at least 4 members (excludes halogenated alkanes) is 1. The maximum atomic E-state index is 14.8. The molecule has 0 aromatic heterocycles. The number of nitrogens with two attached hydrogens (primary N) is 8. The van der Waals surface area contributed by atoms with Gasteiger partial charge in [-0.05, 0) is 138 Å². The SMILES string of the molecule is CC[C@H](C)[C@H](NC(=O)[C@H](CCCN=C(N)N)NC(=O)[C@H](CCCN=C(N)N)NC(=O)[C@H](CC(C)C)NC(=O)[C@H](Cc1ccccc1)NC(=O)[C@@H]1CCCN1C(=O)CNC(=O)[C@@H](N)Cc1ccc(O)cc1)C(=O)N[C@@H](CCCN=C(N)N)C(=O)N1CCC[C@H]1C(=O)N[C@@H](CCCCN)C(=O)O. The average molecular weight is 1400 g/mol. The number of carbonyl (C=O) groups excluding carboxylic acids is 10. The van der Waals surface area contributed by atoms with Crippen molar-refractivity contribution >= 4 is 82.9 Å². The number of phenols is 1. The molecular formula is C66H107N21O13. The van der Waals surface area contributed by atoms with Gasteiger partial charge in [0.05, 0.1) is 12.6 Å². The van der Waals surface area contributed by atoms with Crippen molar-refractivity contribution < 1.29 is 63.0 Å². The average Bonchev–Trinajstić information content (AvgIpc) is 1.61. The number of aliphatic carboxylic acids is 1. The van der Waals surface area contributed by atoms with Crippen LogP contribution >= 0.6 is 0 Å². The van der Waals surface area contributed by atoms with Gasteiger partial charge in [-0.15, -0.1) is 0 Å². The number of likely N-dealkylation sites (tertiary alicyclic amines) is 2. The summed E-state index contributed by atoms with van der Waals surface area (Å²) in [4.78, 5) is 170. The first kappa shape index (κ1) is 82.6. The second-order valence-electron chi connectivity index (χ2n) is 25.7. The lowest BCUT2D eigenvalue weighted by atomic mass is 9.96. The molecule has 2 aromatic rings. The third-order valence-corrected chi connectivity index (χ3v) is 17.2. The predicted octanol–water partition coefficient (Wildman–Crippen LogP) is -3.54. The highest BCUT2D eigenvalue weighted by Gasteiger charge is 2.42. The molecule has 26 N–H and O–H groups in total. The number of carbonyl (C=O) groups is 11. The molecule has 34 heteroatoms. The lowest BCUT2D eigenvalue weighted by molar-refractivity contribution is -0.145. The van der Waals surface area contributed by atoms with Crippen LogP contribution in [0.3, 0.4) is 0 Å². The zero-order valence-electron chi connectivity index (χ0n) is 57.8. The van der Waals surface area contributed by atoms with Crippen molar-refractivity contribution in [2.45, 2.75) is 197 Å². The summed E-state index contributed by atoms with van der Waals surface area (Å²) in [7, 11) is 0. The van der Waals surface area contributed by atoms with Gasteiger partial charge < -0.3 is 108 Å². The van der Waals surface area contributed by atoms with Gasteiger partial charge in [0.25, 0.3) is 0 Å². The van der Waals surface area contributed by atoms with E-state index in [-0.39, 0.29) is 139 Å². The van der Waals surface area contributed by atoms with Crippen molar-refractivity contribution in [1.82, 2.24) is 52.3 Å². The minimum absolute atomic E-state index is 0.000492. The van der Waals surface area contributed by atoms with E-state index in [0.29, 0.717) is 49.8 Å². The van der Waals surface area contributed by atoms with E-state index in [4.69, 9.17) is 45.9 Å². The fraction of sp³-hybridized carbons (Fsp3) is 0.606. The van der Waals surface area contributed by atoms with E-state index in [9.17, 15) is 63.0 Å². The number of hydrogen-bond acceptors (Lipinski definition) is 17. The molecular weight excluding hydrogens is 1290 g/mol. The Morgan fingerprint density at radius 1 is 0.530 bits per heavy atom. The molecule has 0 spiro atoms. The Labute approximate surface area is 583 Å². The van der Waals surface area contributed by atoms with E-state index in [2.05, 4.69) is 57.5 Å². The molecule has 554 valence electrons. The molecule has 10 amide bonds. The zero-order chi connectivity index (χ0) is 74.0. The van der Waals surface area contributed by atoms with E-state index in [1.807, 2.05) is 0 Å². The van der Waals surface area contributed by atoms with Crippen molar-refractivity contribution in [3.05, 3.63) is 65.7 Å². The number of aromatic hydroxyl groups is 1. The van der Waals surface area contributed by atoms with E-state index in [1.54, 1.807) is 70.2 Å². The maximum absolute atomic E-state index is 14.8. The molecule has 34 nitrogen and oxygen atoms in total. The first-order valence-corrected chi connectivity index (χ1v) is 34.2. The number of guanidine groups is 3. The molecule has 0 aliphatic carbocycles. The van der Waals surface area contributed by atoms with Gasteiger partial charge in [-0.1, -0.05) is 76.6 Å². The summed E-state index contributed by atoms with van der Waals surface area (Å²) in [6, 6.07) is 2.32. The number of aliphatic imine (C=N–C) groups is 3. The smallest absolute Gasteiger partial charge is 0.326 e. The topological polar surface area (TPSA) is 576 Å². The molecule has 2 heterocycles. The normalized spacial score (nSPS) is 16.8. The molecule has 100 heavy (non-hydrogen) atoms. The Balaban J connectivity index is 1.61. The van der Waals surface area contributed by atoms with Crippen molar-refractivity contribution in [3.8, 4) is 5.75 Å². The van der Waals surface area contributed by atoms with Crippen LogP contribution < -0.4 is 88.4 Å². The standard InChI is InChI=1S/C66H107N21O13/c1-5-39(4)53(61(97)81-46(21-13-31-77-66(73)74)62(98)87-33-15-23-51(87)60(96)82-47(63(99)100)18-9-10-28-67)85-56(92)45(20-12-30-76-65(71)72)79-55(91)44(19-11-29-75-64(69)70)80-57(93)48(34-38(2)3)83-58(94)49(36-40-16-7-6-8-17-40)84-59(95)50-22-14-32-86(50)52(89)37-78-54(90)43(68)35-41-24-26-42(88)27-25-41/h6-8,16-17,24-27,38-39,43-51,53,88H,5,9-15,18-23,28-37,67-68H2,1-4H3,(H,78,90)(H,79,91)(H,80,93)(H,81,97)(H,82,96)(H,83,94)(H,84,95)(H,85,92)(H,99,100)(H4,69,70,75)(H4,71,72,76)(H4,73,74,77)/t39-,43-,44-,45-,46-,47-,48-,49-,50-,51-,53-/m0/s1. The molecule has 0 bridgehead atoms. The minimum Gasteiger partial charge on any atom is -0.508 e. The maximum Gasteiger partial charge on any atom is 0.326 e. The number of hydrogen-bond donors (Lipinski definition) is 18. The lowest BCUT2D eigenvalue weighted by Crippen LogP contribution is -2.61. The lowest BCUT2D eigenvalue weighted by Gasteiger charge is -2.32. The number of carboxylic acid groups (broad SMARTS) is 1.